The van der Waals surface area contributed by atoms with Crippen LogP contribution in [0.3, 0.4) is 0 Å². The van der Waals surface area contributed by atoms with Gasteiger partial charge in [0.05, 0.1) is 17.4 Å². The minimum absolute atomic E-state index is 0.139. The average molecular weight is 241 g/mol. The fourth-order valence-corrected chi connectivity index (χ4v) is 2.23. The van der Waals surface area contributed by atoms with Gasteiger partial charge in [-0.3, -0.25) is 0 Å². The molecule has 94 valence electrons. The Hall–Kier alpha value is -1.74. The Kier molecular flexibility index (Phi) is 3.43. The van der Waals surface area contributed by atoms with Crippen molar-refractivity contribution in [2.24, 2.45) is 5.73 Å². The molecule has 0 fully saturated rings. The van der Waals surface area contributed by atoms with Gasteiger partial charge in [0.25, 0.3) is 0 Å². The van der Waals surface area contributed by atoms with Gasteiger partial charge in [-0.2, -0.15) is 10.2 Å². The van der Waals surface area contributed by atoms with Crippen molar-refractivity contribution in [2.75, 3.05) is 0 Å². The summed E-state index contributed by atoms with van der Waals surface area (Å²) in [4.78, 5) is 0. The molecule has 3 nitrogen and oxygen atoms in total. The van der Waals surface area contributed by atoms with Gasteiger partial charge in [-0.25, -0.2) is 0 Å². The van der Waals surface area contributed by atoms with Crippen molar-refractivity contribution in [3.63, 3.8) is 0 Å². The van der Waals surface area contributed by atoms with E-state index in [4.69, 9.17) is 5.73 Å². The van der Waals surface area contributed by atoms with E-state index in [0.717, 1.165) is 22.5 Å². The van der Waals surface area contributed by atoms with Crippen LogP contribution in [-0.2, 0) is 0 Å². The predicted molar refractivity (Wildman–Crippen MR) is 73.5 cm³/mol. The Morgan fingerprint density at radius 2 is 1.67 bits per heavy atom. The number of nitrogens with two attached hydrogens (primary N) is 1. The zero-order chi connectivity index (χ0) is 13.3. The number of hydrogen-bond acceptors (Lipinski definition) is 3. The molecule has 1 unspecified atom stereocenters. The molecule has 1 heterocycles. The van der Waals surface area contributed by atoms with Crippen LogP contribution in [0, 0.1) is 27.7 Å². The molecule has 1 aromatic heterocycles. The fourth-order valence-electron chi connectivity index (χ4n) is 2.23. The molecule has 0 saturated heterocycles. The highest BCUT2D eigenvalue weighted by molar-refractivity contribution is 5.39. The van der Waals surface area contributed by atoms with Crippen molar-refractivity contribution in [2.45, 2.75) is 33.7 Å². The Bertz CT molecular complexity index is 576. The molecular weight excluding hydrogens is 222 g/mol. The lowest BCUT2D eigenvalue weighted by molar-refractivity contribution is 0.807. The van der Waals surface area contributed by atoms with Crippen LogP contribution in [0.15, 0.2) is 24.3 Å². The molecule has 2 rings (SSSR count). The first-order valence-corrected chi connectivity index (χ1v) is 6.12. The Morgan fingerprint density at radius 1 is 0.944 bits per heavy atom. The SMILES string of the molecule is Cc1ccc(C(N)c2cc(C)nnc2C)c(C)c1. The van der Waals surface area contributed by atoms with Crippen LogP contribution >= 0.6 is 0 Å². The third kappa shape index (κ3) is 2.41. The van der Waals surface area contributed by atoms with E-state index in [1.165, 1.54) is 11.1 Å². The largest absolute Gasteiger partial charge is 0.320 e. The zero-order valence-electron chi connectivity index (χ0n) is 11.4. The highest BCUT2D eigenvalue weighted by atomic mass is 15.1. The van der Waals surface area contributed by atoms with Gasteiger partial charge in [0.1, 0.15) is 0 Å². The molecule has 0 aliphatic rings. The number of aromatic nitrogens is 2. The number of nitrogens with zero attached hydrogens (tertiary/aromatic N) is 2. The van der Waals surface area contributed by atoms with E-state index in [1.54, 1.807) is 0 Å². The van der Waals surface area contributed by atoms with Gasteiger partial charge in [0, 0.05) is 0 Å². The van der Waals surface area contributed by atoms with Crippen molar-refractivity contribution in [1.82, 2.24) is 10.2 Å². The molecule has 1 aromatic carbocycles. The summed E-state index contributed by atoms with van der Waals surface area (Å²) in [5, 5.41) is 8.19. The number of aryl methyl sites for hydroxylation is 4. The monoisotopic (exact) mass is 241 g/mol. The minimum Gasteiger partial charge on any atom is -0.320 e. The average Bonchev–Trinajstić information content (AvgIpc) is 2.31. The van der Waals surface area contributed by atoms with Gasteiger partial charge < -0.3 is 5.73 Å². The van der Waals surface area contributed by atoms with Gasteiger partial charge in [0.15, 0.2) is 0 Å². The van der Waals surface area contributed by atoms with Crippen molar-refractivity contribution in [3.05, 3.63) is 57.9 Å². The summed E-state index contributed by atoms with van der Waals surface area (Å²) in [5.41, 5.74) is 12.8. The van der Waals surface area contributed by atoms with Crippen LogP contribution < -0.4 is 5.73 Å². The lowest BCUT2D eigenvalue weighted by atomic mass is 9.94. The first-order chi connectivity index (χ1) is 8.49. The molecule has 0 radical (unpaired) electrons. The van der Waals surface area contributed by atoms with Crippen LogP contribution in [0.4, 0.5) is 0 Å². The normalized spacial score (nSPS) is 12.5. The first-order valence-electron chi connectivity index (χ1n) is 6.12. The summed E-state index contributed by atoms with van der Waals surface area (Å²) in [6, 6.07) is 8.24. The van der Waals surface area contributed by atoms with E-state index in [9.17, 15) is 0 Å². The molecule has 0 amide bonds. The molecule has 0 aliphatic heterocycles. The summed E-state index contributed by atoms with van der Waals surface area (Å²) in [6.45, 7) is 8.07. The molecule has 3 heteroatoms. The first kappa shape index (κ1) is 12.7. The van der Waals surface area contributed by atoms with E-state index in [1.807, 2.05) is 19.9 Å². The van der Waals surface area contributed by atoms with Crippen LogP contribution in [0.1, 0.15) is 39.7 Å². The van der Waals surface area contributed by atoms with Gasteiger partial charge in [-0.15, -0.1) is 0 Å². The number of hydrogen-bond donors (Lipinski definition) is 1. The maximum absolute atomic E-state index is 6.37. The predicted octanol–water partition coefficient (Wildman–Crippen LogP) is 2.76. The Balaban J connectivity index is 2.47. The summed E-state index contributed by atoms with van der Waals surface area (Å²) in [6.07, 6.45) is 0. The van der Waals surface area contributed by atoms with E-state index < -0.39 is 0 Å². The molecule has 2 N–H and O–H groups in total. The van der Waals surface area contributed by atoms with Crippen molar-refractivity contribution < 1.29 is 0 Å². The molecule has 0 spiro atoms. The lowest BCUT2D eigenvalue weighted by Gasteiger charge is -2.17. The lowest BCUT2D eigenvalue weighted by Crippen LogP contribution is -2.16. The van der Waals surface area contributed by atoms with Gasteiger partial charge in [-0.05, 0) is 50.5 Å². The van der Waals surface area contributed by atoms with Crippen LogP contribution in [0.2, 0.25) is 0 Å². The number of rotatable bonds is 2. The summed E-state index contributed by atoms with van der Waals surface area (Å²) < 4.78 is 0. The maximum Gasteiger partial charge on any atom is 0.0651 e. The van der Waals surface area contributed by atoms with E-state index in [0.29, 0.717) is 0 Å². The van der Waals surface area contributed by atoms with Gasteiger partial charge >= 0.3 is 0 Å². The number of benzene rings is 1. The molecular formula is C15H19N3. The Labute approximate surface area is 108 Å². The second kappa shape index (κ2) is 4.86. The molecule has 0 saturated carbocycles. The van der Waals surface area contributed by atoms with Crippen LogP contribution in [0.5, 0.6) is 0 Å². The molecule has 2 aromatic rings. The second-order valence-electron chi connectivity index (χ2n) is 4.86. The third-order valence-corrected chi connectivity index (χ3v) is 3.24. The highest BCUT2D eigenvalue weighted by Gasteiger charge is 2.15. The van der Waals surface area contributed by atoms with Crippen molar-refractivity contribution >= 4 is 0 Å². The quantitative estimate of drug-likeness (QED) is 0.879. The standard InChI is InChI=1S/C15H19N3/c1-9-5-6-13(10(2)7-9)15(16)14-8-11(3)17-18-12(14)4/h5-8,15H,16H2,1-4H3. The van der Waals surface area contributed by atoms with Crippen molar-refractivity contribution in [3.8, 4) is 0 Å². The summed E-state index contributed by atoms with van der Waals surface area (Å²) in [5.74, 6) is 0. The molecule has 18 heavy (non-hydrogen) atoms. The van der Waals surface area contributed by atoms with E-state index >= 15 is 0 Å². The summed E-state index contributed by atoms with van der Waals surface area (Å²) >= 11 is 0. The molecule has 0 bridgehead atoms. The molecule has 0 aliphatic carbocycles. The maximum atomic E-state index is 6.37. The zero-order valence-corrected chi connectivity index (χ0v) is 11.4. The van der Waals surface area contributed by atoms with Crippen LogP contribution in [0.25, 0.3) is 0 Å². The topological polar surface area (TPSA) is 51.8 Å². The summed E-state index contributed by atoms with van der Waals surface area (Å²) in [7, 11) is 0. The highest BCUT2D eigenvalue weighted by Crippen LogP contribution is 2.25. The second-order valence-corrected chi connectivity index (χ2v) is 4.86. The van der Waals surface area contributed by atoms with Crippen molar-refractivity contribution in [1.29, 1.82) is 0 Å². The molecule has 1 atom stereocenters. The third-order valence-electron chi connectivity index (χ3n) is 3.24. The van der Waals surface area contributed by atoms with E-state index in [2.05, 4.69) is 42.2 Å². The Morgan fingerprint density at radius 3 is 2.33 bits per heavy atom. The minimum atomic E-state index is -0.139. The van der Waals surface area contributed by atoms with E-state index in [-0.39, 0.29) is 6.04 Å². The van der Waals surface area contributed by atoms with Gasteiger partial charge in [0.2, 0.25) is 0 Å². The fraction of sp³-hybridized carbons (Fsp3) is 0.333. The smallest absolute Gasteiger partial charge is 0.0651 e. The van der Waals surface area contributed by atoms with Gasteiger partial charge in [-0.1, -0.05) is 23.8 Å². The van der Waals surface area contributed by atoms with Crippen LogP contribution in [-0.4, -0.2) is 10.2 Å².